The van der Waals surface area contributed by atoms with Crippen LogP contribution < -0.4 is 5.32 Å². The number of benzene rings is 1. The minimum Gasteiger partial charge on any atom is -0.324 e. The molecule has 0 bridgehead atoms. The zero-order chi connectivity index (χ0) is 9.97. The van der Waals surface area contributed by atoms with Crippen LogP contribution in [0.5, 0.6) is 0 Å². The van der Waals surface area contributed by atoms with Gasteiger partial charge in [0.2, 0.25) is 5.91 Å². The molecule has 0 saturated carbocycles. The van der Waals surface area contributed by atoms with Crippen molar-refractivity contribution >= 4 is 48.9 Å². The summed E-state index contributed by atoms with van der Waals surface area (Å²) < 4.78 is 1.19. The Morgan fingerprint density at radius 3 is 3.00 bits per heavy atom. The van der Waals surface area contributed by atoms with Gasteiger partial charge in [0.25, 0.3) is 0 Å². The van der Waals surface area contributed by atoms with Gasteiger partial charge in [-0.05, 0) is 6.07 Å². The molecule has 1 N–H and O–H groups in total. The van der Waals surface area contributed by atoms with Gasteiger partial charge in [-0.1, -0.05) is 34.1 Å². The Morgan fingerprint density at radius 2 is 2.21 bits per heavy atom. The van der Waals surface area contributed by atoms with Crippen LogP contribution in [-0.2, 0) is 4.79 Å². The number of anilines is 1. The molecule has 2 rings (SSSR count). The fourth-order valence-electron chi connectivity index (χ4n) is 1.26. The van der Waals surface area contributed by atoms with E-state index in [1.807, 2.05) is 29.6 Å². The maximum absolute atomic E-state index is 11.2. The van der Waals surface area contributed by atoms with Crippen LogP contribution in [0.15, 0.2) is 29.6 Å². The zero-order valence-corrected chi connectivity index (χ0v) is 9.69. The molecule has 2 aromatic rings. The van der Waals surface area contributed by atoms with Gasteiger partial charge in [0.05, 0.1) is 11.0 Å². The number of hydrogen-bond donors (Lipinski definition) is 1. The highest BCUT2D eigenvalue weighted by Gasteiger charge is 2.05. The molecule has 0 fully saturated rings. The molecule has 14 heavy (non-hydrogen) atoms. The van der Waals surface area contributed by atoms with Crippen LogP contribution in [0.3, 0.4) is 0 Å². The van der Waals surface area contributed by atoms with Gasteiger partial charge < -0.3 is 5.32 Å². The molecular weight excluding hydrogens is 262 g/mol. The summed E-state index contributed by atoms with van der Waals surface area (Å²) in [5, 5.41) is 6.24. The summed E-state index contributed by atoms with van der Waals surface area (Å²) >= 11 is 4.75. The van der Waals surface area contributed by atoms with Crippen molar-refractivity contribution < 1.29 is 4.79 Å². The molecule has 0 atom stereocenters. The second-order valence-corrected chi connectivity index (χ2v) is 4.30. The number of fused-ring (bicyclic) bond motifs is 1. The third-order valence-corrected chi connectivity index (χ3v) is 3.35. The molecule has 2 nitrogen and oxygen atoms in total. The number of rotatable bonds is 2. The first-order valence-electron chi connectivity index (χ1n) is 4.13. The number of amides is 1. The topological polar surface area (TPSA) is 29.1 Å². The normalized spacial score (nSPS) is 10.4. The summed E-state index contributed by atoms with van der Waals surface area (Å²) in [6.07, 6.45) is 0. The van der Waals surface area contributed by atoms with Crippen molar-refractivity contribution in [2.24, 2.45) is 0 Å². The lowest BCUT2D eigenvalue weighted by atomic mass is 10.2. The van der Waals surface area contributed by atoms with Crippen molar-refractivity contribution in [1.82, 2.24) is 0 Å². The van der Waals surface area contributed by atoms with Gasteiger partial charge in [-0.2, -0.15) is 0 Å². The molecule has 0 radical (unpaired) electrons. The Morgan fingerprint density at radius 1 is 1.43 bits per heavy atom. The lowest BCUT2D eigenvalue weighted by Crippen LogP contribution is -2.11. The minimum atomic E-state index is -0.0199. The quantitative estimate of drug-likeness (QED) is 0.834. The van der Waals surface area contributed by atoms with Crippen molar-refractivity contribution in [3.63, 3.8) is 0 Å². The Labute approximate surface area is 94.1 Å². The van der Waals surface area contributed by atoms with Crippen LogP contribution in [0, 0.1) is 0 Å². The third-order valence-electron chi connectivity index (χ3n) is 1.88. The number of thiophene rings is 1. The molecule has 0 aliphatic heterocycles. The molecule has 0 saturated heterocycles. The zero-order valence-electron chi connectivity index (χ0n) is 7.29. The predicted octanol–water partition coefficient (Wildman–Crippen LogP) is 3.23. The van der Waals surface area contributed by atoms with Crippen LogP contribution in [0.4, 0.5) is 5.69 Å². The van der Waals surface area contributed by atoms with Crippen LogP contribution in [0.2, 0.25) is 0 Å². The molecule has 0 aliphatic carbocycles. The molecule has 1 heterocycles. The maximum atomic E-state index is 11.2. The fourth-order valence-corrected chi connectivity index (χ4v) is 2.29. The molecule has 4 heteroatoms. The fraction of sp³-hybridized carbons (Fsp3) is 0.100. The van der Waals surface area contributed by atoms with E-state index >= 15 is 0 Å². The van der Waals surface area contributed by atoms with E-state index in [0.29, 0.717) is 5.33 Å². The second kappa shape index (κ2) is 4.11. The Balaban J connectivity index is 2.38. The van der Waals surface area contributed by atoms with E-state index in [9.17, 15) is 4.79 Å². The summed E-state index contributed by atoms with van der Waals surface area (Å²) in [5.74, 6) is -0.0199. The first-order chi connectivity index (χ1) is 6.81. The molecule has 1 aromatic heterocycles. The maximum Gasteiger partial charge on any atom is 0.235 e. The van der Waals surface area contributed by atoms with Crippen LogP contribution in [0.1, 0.15) is 0 Å². The lowest BCUT2D eigenvalue weighted by Gasteiger charge is -1.99. The van der Waals surface area contributed by atoms with Gasteiger partial charge in [0.1, 0.15) is 0 Å². The van der Waals surface area contributed by atoms with Gasteiger partial charge in [0, 0.05) is 15.5 Å². The summed E-state index contributed by atoms with van der Waals surface area (Å²) in [6, 6.07) is 8.02. The SMILES string of the molecule is O=C(CBr)Nc1csc2ccccc12. The van der Waals surface area contributed by atoms with E-state index in [4.69, 9.17) is 0 Å². The number of carbonyl (C=O) groups excluding carboxylic acids is 1. The monoisotopic (exact) mass is 269 g/mol. The smallest absolute Gasteiger partial charge is 0.235 e. The standard InChI is InChI=1S/C10H8BrNOS/c11-5-10(13)12-8-6-14-9-4-2-1-3-7(8)9/h1-4,6H,5H2,(H,12,13). The summed E-state index contributed by atoms with van der Waals surface area (Å²) in [4.78, 5) is 11.2. The largest absolute Gasteiger partial charge is 0.324 e. The van der Waals surface area contributed by atoms with E-state index in [1.165, 1.54) is 4.70 Å². The van der Waals surface area contributed by atoms with Crippen molar-refractivity contribution in [1.29, 1.82) is 0 Å². The number of nitrogens with one attached hydrogen (secondary N) is 1. The summed E-state index contributed by atoms with van der Waals surface area (Å²) in [7, 11) is 0. The first-order valence-corrected chi connectivity index (χ1v) is 6.13. The first kappa shape index (κ1) is 9.68. The van der Waals surface area contributed by atoms with Crippen molar-refractivity contribution in [2.75, 3.05) is 10.6 Å². The molecular formula is C10H8BrNOS. The third kappa shape index (κ3) is 1.81. The van der Waals surface area contributed by atoms with Crippen LogP contribution >= 0.6 is 27.3 Å². The Bertz CT molecular complexity index is 466. The molecule has 1 amide bonds. The number of hydrogen-bond acceptors (Lipinski definition) is 2. The van der Waals surface area contributed by atoms with Gasteiger partial charge in [-0.25, -0.2) is 0 Å². The highest BCUT2D eigenvalue weighted by atomic mass is 79.9. The van der Waals surface area contributed by atoms with Gasteiger partial charge in [-0.15, -0.1) is 11.3 Å². The van der Waals surface area contributed by atoms with E-state index in [-0.39, 0.29) is 5.91 Å². The van der Waals surface area contributed by atoms with E-state index < -0.39 is 0 Å². The molecule has 72 valence electrons. The van der Waals surface area contributed by atoms with Crippen molar-refractivity contribution in [2.45, 2.75) is 0 Å². The predicted molar refractivity (Wildman–Crippen MR) is 64.2 cm³/mol. The molecule has 0 spiro atoms. The average molecular weight is 270 g/mol. The highest BCUT2D eigenvalue weighted by molar-refractivity contribution is 9.09. The average Bonchev–Trinajstić information content (AvgIpc) is 2.62. The number of alkyl halides is 1. The van der Waals surface area contributed by atoms with Crippen LogP contribution in [-0.4, -0.2) is 11.2 Å². The van der Waals surface area contributed by atoms with E-state index in [2.05, 4.69) is 21.2 Å². The van der Waals surface area contributed by atoms with E-state index in [1.54, 1.807) is 11.3 Å². The van der Waals surface area contributed by atoms with Gasteiger partial charge >= 0.3 is 0 Å². The van der Waals surface area contributed by atoms with E-state index in [0.717, 1.165) is 11.1 Å². The summed E-state index contributed by atoms with van der Waals surface area (Å²) in [6.45, 7) is 0. The van der Waals surface area contributed by atoms with Crippen molar-refractivity contribution in [3.05, 3.63) is 29.6 Å². The highest BCUT2D eigenvalue weighted by Crippen LogP contribution is 2.29. The number of halogens is 1. The number of carbonyl (C=O) groups is 1. The van der Waals surface area contributed by atoms with Crippen molar-refractivity contribution in [3.8, 4) is 0 Å². The second-order valence-electron chi connectivity index (χ2n) is 2.83. The molecule has 0 aliphatic rings. The lowest BCUT2D eigenvalue weighted by molar-refractivity contribution is -0.113. The van der Waals surface area contributed by atoms with Crippen LogP contribution in [0.25, 0.3) is 10.1 Å². The molecule has 1 aromatic carbocycles. The van der Waals surface area contributed by atoms with Gasteiger partial charge in [0.15, 0.2) is 0 Å². The summed E-state index contributed by atoms with van der Waals surface area (Å²) in [5.41, 5.74) is 0.898. The minimum absolute atomic E-state index is 0.0199. The Kier molecular flexibility index (Phi) is 2.84. The molecule has 0 unspecified atom stereocenters. The Hall–Kier alpha value is -0.870. The van der Waals surface area contributed by atoms with Gasteiger partial charge in [-0.3, -0.25) is 4.79 Å².